The molecule has 1 aromatic carbocycles. The molecule has 0 radical (unpaired) electrons. The van der Waals surface area contributed by atoms with E-state index in [4.69, 9.17) is 0 Å². The van der Waals surface area contributed by atoms with Crippen LogP contribution in [-0.2, 0) is 22.2 Å². The van der Waals surface area contributed by atoms with Crippen molar-refractivity contribution in [1.29, 1.82) is 0 Å². The summed E-state index contributed by atoms with van der Waals surface area (Å²) in [5, 5.41) is 9.33. The molecule has 1 fully saturated rings. The molecule has 1 aliphatic rings. The van der Waals surface area contributed by atoms with Gasteiger partial charge in [0.2, 0.25) is 0 Å². The molecule has 1 aliphatic carbocycles. The number of benzene rings is 1. The predicted octanol–water partition coefficient (Wildman–Crippen LogP) is 4.49. The lowest BCUT2D eigenvalue weighted by Crippen LogP contribution is -2.25. The summed E-state index contributed by atoms with van der Waals surface area (Å²) in [5.74, 6) is -2.07. The summed E-state index contributed by atoms with van der Waals surface area (Å²) in [4.78, 5) is 23.7. The third-order valence-electron chi connectivity index (χ3n) is 4.62. The Morgan fingerprint density at radius 1 is 1.08 bits per heavy atom. The van der Waals surface area contributed by atoms with E-state index in [0.717, 1.165) is 44.2 Å². The molecule has 0 aliphatic heterocycles. The second-order valence-corrected chi connectivity index (χ2v) is 6.44. The van der Waals surface area contributed by atoms with Crippen LogP contribution in [0.5, 0.6) is 0 Å². The molecule has 1 unspecified atom stereocenters. The first-order chi connectivity index (χ1) is 11.3. The molecule has 24 heavy (non-hydrogen) atoms. The summed E-state index contributed by atoms with van der Waals surface area (Å²) in [6, 6.07) is 4.45. The molecule has 0 amide bonds. The maximum atomic E-state index is 12.5. The van der Waals surface area contributed by atoms with Gasteiger partial charge in [0, 0.05) is 12.3 Å². The molecule has 1 saturated carbocycles. The molecule has 132 valence electrons. The van der Waals surface area contributed by atoms with Crippen LogP contribution in [0.15, 0.2) is 24.3 Å². The first-order valence-electron chi connectivity index (χ1n) is 8.19. The molecule has 1 N–H and O–H groups in total. The minimum atomic E-state index is -4.42. The van der Waals surface area contributed by atoms with E-state index in [1.165, 1.54) is 12.1 Å². The molecule has 3 nitrogen and oxygen atoms in total. The van der Waals surface area contributed by atoms with Crippen molar-refractivity contribution in [2.45, 2.75) is 51.1 Å². The number of Topliss-reactive ketones (excluding diaryl/α,β-unsaturated/α-hetero) is 1. The van der Waals surface area contributed by atoms with Crippen molar-refractivity contribution in [3.63, 3.8) is 0 Å². The van der Waals surface area contributed by atoms with Crippen molar-refractivity contribution in [3.05, 3.63) is 35.4 Å². The Labute approximate surface area is 138 Å². The smallest absolute Gasteiger partial charge is 0.416 e. The highest BCUT2D eigenvalue weighted by molar-refractivity contribution is 5.85. The highest BCUT2D eigenvalue weighted by atomic mass is 19.4. The van der Waals surface area contributed by atoms with Crippen LogP contribution in [0.1, 0.15) is 49.7 Å². The number of rotatable bonds is 6. The van der Waals surface area contributed by atoms with Crippen molar-refractivity contribution in [2.24, 2.45) is 11.8 Å². The van der Waals surface area contributed by atoms with Gasteiger partial charge in [-0.3, -0.25) is 9.59 Å². The minimum Gasteiger partial charge on any atom is -0.481 e. The number of aliphatic carboxylic acids is 1. The number of carbonyl (C=O) groups is 2. The Morgan fingerprint density at radius 3 is 2.17 bits per heavy atom. The van der Waals surface area contributed by atoms with Crippen molar-refractivity contribution in [3.8, 4) is 0 Å². The first kappa shape index (κ1) is 18.5. The maximum Gasteiger partial charge on any atom is 0.416 e. The van der Waals surface area contributed by atoms with Gasteiger partial charge in [-0.05, 0) is 37.0 Å². The summed E-state index contributed by atoms with van der Waals surface area (Å²) in [6.07, 6.45) is 0.309. The fraction of sp³-hybridized carbons (Fsp3) is 0.556. The topological polar surface area (TPSA) is 54.4 Å². The highest BCUT2D eigenvalue weighted by Crippen LogP contribution is 2.30. The summed E-state index contributed by atoms with van der Waals surface area (Å²) in [7, 11) is 0. The van der Waals surface area contributed by atoms with Crippen LogP contribution in [0.25, 0.3) is 0 Å². The molecule has 2 rings (SSSR count). The Balaban J connectivity index is 2.00. The van der Waals surface area contributed by atoms with E-state index in [0.29, 0.717) is 5.56 Å². The van der Waals surface area contributed by atoms with Gasteiger partial charge in [0.05, 0.1) is 11.5 Å². The quantitative estimate of drug-likeness (QED) is 0.829. The number of hydrogen-bond donors (Lipinski definition) is 1. The van der Waals surface area contributed by atoms with Crippen LogP contribution in [0.2, 0.25) is 0 Å². The SMILES string of the molecule is O=C(O)C(CC(=O)C1CCCCC1)Cc1ccc(C(F)(F)F)cc1. The molecule has 0 bridgehead atoms. The molecule has 0 aromatic heterocycles. The van der Waals surface area contributed by atoms with Gasteiger partial charge >= 0.3 is 12.1 Å². The number of ketones is 1. The summed E-state index contributed by atoms with van der Waals surface area (Å²) >= 11 is 0. The number of alkyl halides is 3. The van der Waals surface area contributed by atoms with Crippen LogP contribution in [0.3, 0.4) is 0 Å². The Morgan fingerprint density at radius 2 is 1.67 bits per heavy atom. The third-order valence-corrected chi connectivity index (χ3v) is 4.62. The normalized spacial score (nSPS) is 17.5. The average molecular weight is 342 g/mol. The molecule has 6 heteroatoms. The zero-order valence-electron chi connectivity index (χ0n) is 13.3. The fourth-order valence-corrected chi connectivity index (χ4v) is 3.20. The zero-order chi connectivity index (χ0) is 17.7. The van der Waals surface area contributed by atoms with E-state index in [1.54, 1.807) is 0 Å². The Kier molecular flexibility index (Phi) is 6.02. The number of carboxylic acids is 1. The van der Waals surface area contributed by atoms with Gasteiger partial charge in [0.15, 0.2) is 0 Å². The second-order valence-electron chi connectivity index (χ2n) is 6.44. The van der Waals surface area contributed by atoms with E-state index < -0.39 is 23.6 Å². The Bertz CT molecular complexity index is 572. The second kappa shape index (κ2) is 7.81. The highest BCUT2D eigenvalue weighted by Gasteiger charge is 2.31. The summed E-state index contributed by atoms with van der Waals surface area (Å²) < 4.78 is 37.6. The maximum absolute atomic E-state index is 12.5. The molecule has 1 atom stereocenters. The standard InChI is InChI=1S/C18H21F3O3/c19-18(20,21)15-8-6-12(7-9-15)10-14(17(23)24)11-16(22)13-4-2-1-3-5-13/h6-9,13-14H,1-5,10-11H2,(H,23,24). The van der Waals surface area contributed by atoms with Crippen LogP contribution in [0, 0.1) is 11.8 Å². The van der Waals surface area contributed by atoms with E-state index >= 15 is 0 Å². The van der Waals surface area contributed by atoms with Gasteiger partial charge in [-0.25, -0.2) is 0 Å². The lowest BCUT2D eigenvalue weighted by atomic mass is 9.82. The third kappa shape index (κ3) is 5.08. The van der Waals surface area contributed by atoms with Gasteiger partial charge in [-0.15, -0.1) is 0 Å². The van der Waals surface area contributed by atoms with Crippen LogP contribution < -0.4 is 0 Å². The zero-order valence-corrected chi connectivity index (χ0v) is 13.3. The molecule has 0 saturated heterocycles. The van der Waals surface area contributed by atoms with Gasteiger partial charge in [0.1, 0.15) is 5.78 Å². The van der Waals surface area contributed by atoms with Crippen LogP contribution in [-0.4, -0.2) is 16.9 Å². The molecule has 0 spiro atoms. The molecular formula is C18H21F3O3. The molecular weight excluding hydrogens is 321 g/mol. The van der Waals surface area contributed by atoms with Crippen LogP contribution >= 0.6 is 0 Å². The van der Waals surface area contributed by atoms with Gasteiger partial charge in [-0.1, -0.05) is 31.4 Å². The van der Waals surface area contributed by atoms with Crippen molar-refractivity contribution >= 4 is 11.8 Å². The number of carbonyl (C=O) groups excluding carboxylic acids is 1. The van der Waals surface area contributed by atoms with Gasteiger partial charge < -0.3 is 5.11 Å². The molecule has 0 heterocycles. The van der Waals surface area contributed by atoms with Gasteiger partial charge in [0.25, 0.3) is 0 Å². The lowest BCUT2D eigenvalue weighted by molar-refractivity contribution is -0.144. The number of halogens is 3. The number of carboxylic acid groups (broad SMARTS) is 1. The van der Waals surface area contributed by atoms with Crippen molar-refractivity contribution in [2.75, 3.05) is 0 Å². The fourth-order valence-electron chi connectivity index (χ4n) is 3.20. The van der Waals surface area contributed by atoms with Crippen molar-refractivity contribution < 1.29 is 27.9 Å². The van der Waals surface area contributed by atoms with E-state index in [9.17, 15) is 27.9 Å². The van der Waals surface area contributed by atoms with Gasteiger partial charge in [-0.2, -0.15) is 13.2 Å². The van der Waals surface area contributed by atoms with E-state index in [2.05, 4.69) is 0 Å². The van der Waals surface area contributed by atoms with Crippen LogP contribution in [0.4, 0.5) is 13.2 Å². The summed E-state index contributed by atoms with van der Waals surface area (Å²) in [5.41, 5.74) is -0.275. The Hall–Kier alpha value is -1.85. The predicted molar refractivity (Wildman–Crippen MR) is 82.5 cm³/mol. The largest absolute Gasteiger partial charge is 0.481 e. The number of hydrogen-bond acceptors (Lipinski definition) is 2. The van der Waals surface area contributed by atoms with E-state index in [-0.39, 0.29) is 24.5 Å². The van der Waals surface area contributed by atoms with Crippen molar-refractivity contribution in [1.82, 2.24) is 0 Å². The van der Waals surface area contributed by atoms with E-state index in [1.807, 2.05) is 0 Å². The lowest BCUT2D eigenvalue weighted by Gasteiger charge is -2.22. The average Bonchev–Trinajstić information content (AvgIpc) is 2.54. The molecule has 1 aromatic rings. The summed E-state index contributed by atoms with van der Waals surface area (Å²) in [6.45, 7) is 0. The minimum absolute atomic E-state index is 0.0333. The first-order valence-corrected chi connectivity index (χ1v) is 8.19. The monoisotopic (exact) mass is 342 g/mol.